The van der Waals surface area contributed by atoms with Gasteiger partial charge in [-0.1, -0.05) is 12.1 Å². The Hall–Kier alpha value is -2.90. The van der Waals surface area contributed by atoms with Crippen LogP contribution in [-0.2, 0) is 18.4 Å². The number of aromatic nitrogens is 2. The molecule has 1 aromatic heterocycles. The lowest BCUT2D eigenvalue weighted by atomic mass is 10.2. The summed E-state index contributed by atoms with van der Waals surface area (Å²) in [5.41, 5.74) is 1.75. The Bertz CT molecular complexity index is 770. The van der Waals surface area contributed by atoms with E-state index in [-0.39, 0.29) is 18.3 Å². The molecule has 132 valence electrons. The van der Waals surface area contributed by atoms with E-state index in [9.17, 15) is 9.18 Å². The van der Waals surface area contributed by atoms with Crippen molar-refractivity contribution in [3.63, 3.8) is 0 Å². The molecule has 0 saturated carbocycles. The number of carbonyl (C=O) groups is 1. The van der Waals surface area contributed by atoms with E-state index in [1.54, 1.807) is 35.0 Å². The average molecular weight is 344 g/mol. The number of nitrogens with zero attached hydrogens (tertiary/aromatic N) is 5. The summed E-state index contributed by atoms with van der Waals surface area (Å²) in [6.07, 6.45) is 3.52. The van der Waals surface area contributed by atoms with Gasteiger partial charge in [0.2, 0.25) is 5.91 Å². The molecule has 1 aliphatic rings. The first-order chi connectivity index (χ1) is 12.1. The first-order valence-corrected chi connectivity index (χ1v) is 8.06. The number of amides is 1. The molecule has 1 aromatic carbocycles. The van der Waals surface area contributed by atoms with Crippen LogP contribution in [0, 0.1) is 5.82 Å². The van der Waals surface area contributed by atoms with E-state index in [0.717, 1.165) is 11.3 Å². The molecule has 8 heteroatoms. The third-order valence-electron chi connectivity index (χ3n) is 4.10. The minimum atomic E-state index is -0.259. The fourth-order valence-electron chi connectivity index (χ4n) is 2.79. The zero-order valence-corrected chi connectivity index (χ0v) is 14.3. The number of carbonyl (C=O) groups excluding carboxylic acids is 1. The molecule has 1 saturated heterocycles. The third-order valence-corrected chi connectivity index (χ3v) is 4.10. The van der Waals surface area contributed by atoms with E-state index in [4.69, 9.17) is 0 Å². The van der Waals surface area contributed by atoms with Crippen molar-refractivity contribution in [2.75, 3.05) is 31.6 Å². The van der Waals surface area contributed by atoms with Gasteiger partial charge in [0.05, 0.1) is 11.9 Å². The summed E-state index contributed by atoms with van der Waals surface area (Å²) < 4.78 is 14.6. The lowest BCUT2D eigenvalue weighted by Crippen LogP contribution is -2.55. The Morgan fingerprint density at radius 2 is 2.08 bits per heavy atom. The van der Waals surface area contributed by atoms with Crippen molar-refractivity contribution in [3.8, 4) is 0 Å². The lowest BCUT2D eigenvalue weighted by Gasteiger charge is -2.35. The number of nitrogens with one attached hydrogen (secondary N) is 1. The van der Waals surface area contributed by atoms with E-state index in [0.29, 0.717) is 25.6 Å². The van der Waals surface area contributed by atoms with Gasteiger partial charge >= 0.3 is 0 Å². The van der Waals surface area contributed by atoms with Gasteiger partial charge in [0.1, 0.15) is 12.4 Å². The zero-order valence-electron chi connectivity index (χ0n) is 14.3. The zero-order chi connectivity index (χ0) is 17.8. The number of piperazine rings is 1. The predicted octanol–water partition coefficient (Wildman–Crippen LogP) is 0.983. The fourth-order valence-corrected chi connectivity index (χ4v) is 2.79. The van der Waals surface area contributed by atoms with Crippen molar-refractivity contribution in [3.05, 3.63) is 48.0 Å². The summed E-state index contributed by atoms with van der Waals surface area (Å²) in [6, 6.07) is 6.30. The fraction of sp³-hybridized carbons (Fsp3) is 0.353. The summed E-state index contributed by atoms with van der Waals surface area (Å²) in [4.78, 5) is 20.4. The largest absolute Gasteiger partial charge is 0.352 e. The van der Waals surface area contributed by atoms with E-state index in [1.807, 2.05) is 18.1 Å². The molecule has 0 unspecified atom stereocenters. The van der Waals surface area contributed by atoms with Crippen LogP contribution in [0.1, 0.15) is 5.56 Å². The SMILES string of the molecule is CN=C(NCc1ccc(F)cc1)N1CCN(c2cnn(C)c2)C(=O)C1. The number of benzene rings is 1. The second-order valence-electron chi connectivity index (χ2n) is 5.87. The standard InChI is InChI=1S/C17H21FN6O/c1-19-17(20-9-13-3-5-14(18)6-4-13)23-7-8-24(16(25)12-23)15-10-21-22(2)11-15/h3-6,10-11H,7-9,12H2,1-2H3,(H,19,20). The number of hydrogen-bond donors (Lipinski definition) is 1. The van der Waals surface area contributed by atoms with E-state index < -0.39 is 0 Å². The molecule has 0 aliphatic carbocycles. The van der Waals surface area contributed by atoms with Gasteiger partial charge in [-0.2, -0.15) is 5.10 Å². The van der Waals surface area contributed by atoms with Crippen LogP contribution in [0.4, 0.5) is 10.1 Å². The molecule has 7 nitrogen and oxygen atoms in total. The number of aryl methyl sites for hydroxylation is 1. The second kappa shape index (κ2) is 7.33. The van der Waals surface area contributed by atoms with Crippen LogP contribution in [0.5, 0.6) is 0 Å². The molecule has 3 rings (SSSR count). The van der Waals surface area contributed by atoms with Gasteiger partial charge in [-0.25, -0.2) is 4.39 Å². The van der Waals surface area contributed by atoms with E-state index in [1.165, 1.54) is 12.1 Å². The first kappa shape index (κ1) is 16.9. The molecule has 0 spiro atoms. The Morgan fingerprint density at radius 1 is 1.32 bits per heavy atom. The smallest absolute Gasteiger partial charge is 0.246 e. The number of halogens is 1. The molecule has 0 radical (unpaired) electrons. The molecule has 1 N–H and O–H groups in total. The quantitative estimate of drug-likeness (QED) is 0.666. The number of hydrogen-bond acceptors (Lipinski definition) is 3. The number of rotatable bonds is 3. The maximum absolute atomic E-state index is 13.0. The highest BCUT2D eigenvalue weighted by atomic mass is 19.1. The monoisotopic (exact) mass is 344 g/mol. The Morgan fingerprint density at radius 3 is 2.68 bits per heavy atom. The maximum atomic E-state index is 13.0. The summed E-state index contributed by atoms with van der Waals surface area (Å²) >= 11 is 0. The van der Waals surface area contributed by atoms with Crippen LogP contribution < -0.4 is 10.2 Å². The number of guanidine groups is 1. The molecule has 1 aliphatic heterocycles. The summed E-state index contributed by atoms with van der Waals surface area (Å²) in [7, 11) is 3.51. The van der Waals surface area contributed by atoms with Crippen LogP contribution in [0.15, 0.2) is 41.7 Å². The molecule has 1 amide bonds. The Labute approximate surface area is 145 Å². The van der Waals surface area contributed by atoms with Crippen LogP contribution in [-0.4, -0.2) is 53.2 Å². The van der Waals surface area contributed by atoms with Gasteiger partial charge in [0.25, 0.3) is 0 Å². The highest BCUT2D eigenvalue weighted by Gasteiger charge is 2.27. The van der Waals surface area contributed by atoms with Gasteiger partial charge in [0.15, 0.2) is 5.96 Å². The first-order valence-electron chi connectivity index (χ1n) is 8.06. The molecule has 0 bridgehead atoms. The molecule has 25 heavy (non-hydrogen) atoms. The third kappa shape index (κ3) is 3.96. The number of anilines is 1. The molecule has 0 atom stereocenters. The van der Waals surface area contributed by atoms with Gasteiger partial charge in [-0.3, -0.25) is 14.5 Å². The summed E-state index contributed by atoms with van der Waals surface area (Å²) in [5.74, 6) is 0.401. The topological polar surface area (TPSA) is 65.8 Å². The van der Waals surface area contributed by atoms with Crippen LogP contribution in [0.3, 0.4) is 0 Å². The Kier molecular flexibility index (Phi) is 4.97. The maximum Gasteiger partial charge on any atom is 0.246 e. The highest BCUT2D eigenvalue weighted by Crippen LogP contribution is 2.16. The van der Waals surface area contributed by atoms with Crippen LogP contribution in [0.2, 0.25) is 0 Å². The summed E-state index contributed by atoms with van der Waals surface area (Å²) in [5, 5.41) is 7.33. The van der Waals surface area contributed by atoms with Crippen molar-refractivity contribution in [2.24, 2.45) is 12.0 Å². The van der Waals surface area contributed by atoms with Crippen molar-refractivity contribution in [1.29, 1.82) is 0 Å². The van der Waals surface area contributed by atoms with E-state index >= 15 is 0 Å². The normalized spacial score (nSPS) is 15.6. The van der Waals surface area contributed by atoms with Gasteiger partial charge < -0.3 is 15.1 Å². The van der Waals surface area contributed by atoms with Gasteiger partial charge in [0, 0.05) is 39.9 Å². The molecular weight excluding hydrogens is 323 g/mol. The van der Waals surface area contributed by atoms with E-state index in [2.05, 4.69) is 15.4 Å². The summed E-state index contributed by atoms with van der Waals surface area (Å²) in [6.45, 7) is 2.01. The molecule has 2 aromatic rings. The molecular formula is C17H21FN6O. The Balaban J connectivity index is 1.59. The molecule has 1 fully saturated rings. The van der Waals surface area contributed by atoms with Crippen molar-refractivity contribution in [2.45, 2.75) is 6.54 Å². The van der Waals surface area contributed by atoms with Crippen LogP contribution in [0.25, 0.3) is 0 Å². The minimum absolute atomic E-state index is 0.00369. The predicted molar refractivity (Wildman–Crippen MR) is 93.7 cm³/mol. The van der Waals surface area contributed by atoms with Crippen molar-refractivity contribution in [1.82, 2.24) is 20.0 Å². The number of aliphatic imine (C=N–C) groups is 1. The van der Waals surface area contributed by atoms with Crippen LogP contribution >= 0.6 is 0 Å². The average Bonchev–Trinajstić information content (AvgIpc) is 3.03. The minimum Gasteiger partial charge on any atom is -0.352 e. The molecule has 2 heterocycles. The van der Waals surface area contributed by atoms with Crippen molar-refractivity contribution >= 4 is 17.6 Å². The lowest BCUT2D eigenvalue weighted by molar-refractivity contribution is -0.120. The van der Waals surface area contributed by atoms with Gasteiger partial charge in [-0.15, -0.1) is 0 Å². The van der Waals surface area contributed by atoms with Gasteiger partial charge in [-0.05, 0) is 17.7 Å². The van der Waals surface area contributed by atoms with Crippen molar-refractivity contribution < 1.29 is 9.18 Å². The highest BCUT2D eigenvalue weighted by molar-refractivity contribution is 5.98. The second-order valence-corrected chi connectivity index (χ2v) is 5.87.